The maximum absolute atomic E-state index is 13.9. The molecule has 0 radical (unpaired) electrons. The molecule has 2 aromatic carbocycles. The second kappa shape index (κ2) is 15.1. The topological polar surface area (TPSA) is 110 Å². The van der Waals surface area contributed by atoms with Crippen LogP contribution in [0.15, 0.2) is 47.3 Å². The number of anilines is 1. The number of amides is 2. The summed E-state index contributed by atoms with van der Waals surface area (Å²) < 4.78 is 5.50. The van der Waals surface area contributed by atoms with Gasteiger partial charge in [-0.3, -0.25) is 24.7 Å². The van der Waals surface area contributed by atoms with Gasteiger partial charge >= 0.3 is 0 Å². The average Bonchev–Trinajstić information content (AvgIpc) is 3.03. The van der Waals surface area contributed by atoms with Gasteiger partial charge in [-0.05, 0) is 86.6 Å². The maximum Gasteiger partial charge on any atom is 0.253 e. The van der Waals surface area contributed by atoms with Gasteiger partial charge in [0.25, 0.3) is 11.5 Å². The zero-order valence-electron chi connectivity index (χ0n) is 27.9. The molecule has 2 aliphatic heterocycles. The lowest BCUT2D eigenvalue weighted by Gasteiger charge is -2.40. The van der Waals surface area contributed by atoms with Gasteiger partial charge in [-0.15, -0.1) is 0 Å². The van der Waals surface area contributed by atoms with Gasteiger partial charge in [-0.2, -0.15) is 0 Å². The first-order valence-electron chi connectivity index (χ1n) is 16.4. The first-order chi connectivity index (χ1) is 22.1. The summed E-state index contributed by atoms with van der Waals surface area (Å²) in [4.78, 5) is 45.8. The molecule has 2 saturated heterocycles. The molecule has 3 aromatic rings. The van der Waals surface area contributed by atoms with Crippen LogP contribution in [0.2, 0.25) is 0 Å². The molecule has 0 bridgehead atoms. The zero-order chi connectivity index (χ0) is 32.8. The van der Waals surface area contributed by atoms with Crippen molar-refractivity contribution in [2.45, 2.75) is 66.6 Å². The van der Waals surface area contributed by atoms with E-state index in [1.807, 2.05) is 37.9 Å². The van der Waals surface area contributed by atoms with Crippen molar-refractivity contribution in [3.05, 3.63) is 86.3 Å². The van der Waals surface area contributed by atoms with Crippen molar-refractivity contribution in [2.75, 3.05) is 50.8 Å². The number of nitrogens with zero attached hydrogens (tertiary/aromatic N) is 3. The van der Waals surface area contributed by atoms with Crippen LogP contribution in [-0.2, 0) is 22.6 Å². The number of carbonyl (C=O) groups is 2. The normalized spacial score (nSPS) is 16.3. The summed E-state index contributed by atoms with van der Waals surface area (Å²) in [7, 11) is 0. The maximum atomic E-state index is 13.9. The van der Waals surface area contributed by atoms with Crippen molar-refractivity contribution in [1.82, 2.24) is 25.6 Å². The summed E-state index contributed by atoms with van der Waals surface area (Å²) >= 11 is 0. The molecule has 3 N–H and O–H groups in total. The molecule has 2 fully saturated rings. The van der Waals surface area contributed by atoms with Crippen LogP contribution >= 0.6 is 0 Å². The van der Waals surface area contributed by atoms with E-state index >= 15 is 0 Å². The minimum atomic E-state index is -0.208. The molecular weight excluding hydrogens is 580 g/mol. The molecule has 0 aliphatic carbocycles. The monoisotopic (exact) mass is 628 g/mol. The highest BCUT2D eigenvalue weighted by Gasteiger charge is 2.27. The van der Waals surface area contributed by atoms with Crippen molar-refractivity contribution in [2.24, 2.45) is 0 Å². The number of hydrazine groups is 1. The first kappa shape index (κ1) is 33.4. The molecule has 0 unspecified atom stereocenters. The lowest BCUT2D eigenvalue weighted by atomic mass is 9.94. The number of pyridine rings is 1. The van der Waals surface area contributed by atoms with Crippen molar-refractivity contribution in [3.8, 4) is 11.1 Å². The van der Waals surface area contributed by atoms with Crippen LogP contribution in [0.1, 0.15) is 65.0 Å². The second-order valence-electron chi connectivity index (χ2n) is 12.6. The molecule has 0 atom stereocenters. The van der Waals surface area contributed by atoms with Crippen LogP contribution in [0.4, 0.5) is 5.69 Å². The number of piperidine rings is 1. The van der Waals surface area contributed by atoms with Crippen molar-refractivity contribution in [3.63, 3.8) is 0 Å². The standard InChI is InChI=1S/C36H48N6O4/c1-6-42(31-11-13-41(14-12-31)39-27(5)43)34-21-30(29-9-7-28(8-10-29)23-40-15-17-46-18-16-40)20-32(26(34)4)35(44)37-22-33-24(2)19-25(3)38-36(33)45/h7-10,19-21,31H,6,11-18,22-23H2,1-5H3,(H,37,44)(H,38,45)(H,39,43). The second-order valence-corrected chi connectivity index (χ2v) is 12.6. The molecule has 246 valence electrons. The highest BCUT2D eigenvalue weighted by Crippen LogP contribution is 2.34. The number of hydrogen-bond donors (Lipinski definition) is 3. The molecule has 2 amide bonds. The van der Waals surface area contributed by atoms with Crippen molar-refractivity contribution in [1.29, 1.82) is 0 Å². The van der Waals surface area contributed by atoms with E-state index in [0.717, 1.165) is 99.0 Å². The van der Waals surface area contributed by atoms with Crippen LogP contribution in [0.3, 0.4) is 0 Å². The van der Waals surface area contributed by atoms with E-state index in [1.165, 1.54) is 12.5 Å². The predicted molar refractivity (Wildman–Crippen MR) is 182 cm³/mol. The zero-order valence-corrected chi connectivity index (χ0v) is 27.9. The van der Waals surface area contributed by atoms with E-state index in [9.17, 15) is 14.4 Å². The molecule has 5 rings (SSSR count). The molecular formula is C36H48N6O4. The lowest BCUT2D eigenvalue weighted by Crippen LogP contribution is -2.51. The van der Waals surface area contributed by atoms with Gasteiger partial charge < -0.3 is 19.9 Å². The average molecular weight is 629 g/mol. The van der Waals surface area contributed by atoms with Crippen LogP contribution in [0, 0.1) is 20.8 Å². The molecule has 2 aliphatic rings. The Bertz CT molecular complexity index is 1590. The summed E-state index contributed by atoms with van der Waals surface area (Å²) in [5.74, 6) is -0.260. The Kier molecular flexibility index (Phi) is 10.9. The molecule has 46 heavy (non-hydrogen) atoms. The highest BCUT2D eigenvalue weighted by molar-refractivity contribution is 5.99. The van der Waals surface area contributed by atoms with E-state index in [1.54, 1.807) is 0 Å². The van der Waals surface area contributed by atoms with Crippen LogP contribution in [-0.4, -0.2) is 78.7 Å². The number of aryl methyl sites for hydroxylation is 2. The number of aromatic nitrogens is 1. The molecule has 1 aromatic heterocycles. The predicted octanol–water partition coefficient (Wildman–Crippen LogP) is 4.07. The van der Waals surface area contributed by atoms with Gasteiger partial charge in [0.05, 0.1) is 13.2 Å². The third-order valence-electron chi connectivity index (χ3n) is 9.21. The molecule has 10 nitrogen and oxygen atoms in total. The quantitative estimate of drug-likeness (QED) is 0.311. The fraction of sp³-hybridized carbons (Fsp3) is 0.472. The Labute approximate surface area is 272 Å². The van der Waals surface area contributed by atoms with E-state index < -0.39 is 0 Å². The van der Waals surface area contributed by atoms with Gasteiger partial charge in [0.1, 0.15) is 0 Å². The minimum Gasteiger partial charge on any atom is -0.379 e. The Morgan fingerprint density at radius 2 is 1.67 bits per heavy atom. The van der Waals surface area contributed by atoms with Crippen LogP contribution in [0.25, 0.3) is 11.1 Å². The van der Waals surface area contributed by atoms with Gasteiger partial charge in [0.2, 0.25) is 5.91 Å². The Morgan fingerprint density at radius 3 is 2.30 bits per heavy atom. The van der Waals surface area contributed by atoms with Gasteiger partial charge in [-0.1, -0.05) is 24.3 Å². The first-order valence-corrected chi connectivity index (χ1v) is 16.4. The highest BCUT2D eigenvalue weighted by atomic mass is 16.5. The van der Waals surface area contributed by atoms with Crippen molar-refractivity contribution >= 4 is 17.5 Å². The number of nitrogens with one attached hydrogen (secondary N) is 3. The lowest BCUT2D eigenvalue weighted by molar-refractivity contribution is -0.124. The number of morpholine rings is 1. The molecule has 0 spiro atoms. The van der Waals surface area contributed by atoms with Crippen molar-refractivity contribution < 1.29 is 14.3 Å². The number of benzene rings is 2. The summed E-state index contributed by atoms with van der Waals surface area (Å²) in [6.45, 7) is 16.2. The smallest absolute Gasteiger partial charge is 0.253 e. The minimum absolute atomic E-state index is 0.0521. The Hall–Kier alpha value is -3.99. The fourth-order valence-electron chi connectivity index (χ4n) is 6.72. The molecule has 3 heterocycles. The number of aromatic amines is 1. The van der Waals surface area contributed by atoms with Crippen LogP contribution in [0.5, 0.6) is 0 Å². The van der Waals surface area contributed by atoms with E-state index in [2.05, 4.69) is 62.8 Å². The van der Waals surface area contributed by atoms with Gasteiger partial charge in [-0.25, -0.2) is 5.01 Å². The summed E-state index contributed by atoms with van der Waals surface area (Å²) in [6, 6.07) is 15.0. The third kappa shape index (κ3) is 8.04. The summed E-state index contributed by atoms with van der Waals surface area (Å²) in [6.07, 6.45) is 1.79. The molecule has 0 saturated carbocycles. The van der Waals surface area contributed by atoms with Gasteiger partial charge in [0, 0.05) is 81.3 Å². The van der Waals surface area contributed by atoms with Crippen LogP contribution < -0.4 is 21.2 Å². The fourth-order valence-corrected chi connectivity index (χ4v) is 6.72. The number of carbonyl (C=O) groups excluding carboxylic acids is 2. The largest absolute Gasteiger partial charge is 0.379 e. The number of H-pyrrole nitrogens is 1. The number of rotatable bonds is 10. The summed E-state index contributed by atoms with van der Waals surface area (Å²) in [5, 5.41) is 5.03. The van der Waals surface area contributed by atoms with Gasteiger partial charge in [0.15, 0.2) is 0 Å². The Morgan fingerprint density at radius 1 is 0.978 bits per heavy atom. The SMILES string of the molecule is CCN(c1cc(-c2ccc(CN3CCOCC3)cc2)cc(C(=O)NCc2c(C)cc(C)[nH]c2=O)c1C)C1CCN(NC(C)=O)CC1. The summed E-state index contributed by atoms with van der Waals surface area (Å²) in [5.41, 5.74) is 10.8. The van der Waals surface area contributed by atoms with E-state index in [-0.39, 0.29) is 30.0 Å². The molecule has 10 heteroatoms. The van der Waals surface area contributed by atoms with E-state index in [4.69, 9.17) is 4.74 Å². The Balaban J connectivity index is 1.45. The van der Waals surface area contributed by atoms with E-state index in [0.29, 0.717) is 11.1 Å². The number of ether oxygens (including phenoxy) is 1. The third-order valence-corrected chi connectivity index (χ3v) is 9.21. The number of hydrogen-bond acceptors (Lipinski definition) is 7.